The number of rotatable bonds is 9. The van der Waals surface area contributed by atoms with E-state index in [9.17, 15) is 4.79 Å². The fourth-order valence-electron chi connectivity index (χ4n) is 2.56. The molecule has 1 aromatic carbocycles. The molecule has 1 heterocycles. The summed E-state index contributed by atoms with van der Waals surface area (Å²) in [7, 11) is 1.67. The van der Waals surface area contributed by atoms with Crippen LogP contribution in [0, 0.1) is 0 Å². The van der Waals surface area contributed by atoms with Crippen LogP contribution in [0.5, 0.6) is 0 Å². The molecule has 0 unspecified atom stereocenters. The normalized spacial score (nSPS) is 13.3. The Labute approximate surface area is 154 Å². The lowest BCUT2D eigenvalue weighted by Gasteiger charge is -2.09. The van der Waals surface area contributed by atoms with Crippen LogP contribution in [-0.4, -0.2) is 49.0 Å². The maximum atomic E-state index is 12.6. The van der Waals surface area contributed by atoms with Crippen LogP contribution in [0.2, 0.25) is 0 Å². The Balaban J connectivity index is 0.00000225. The first-order chi connectivity index (χ1) is 11.8. The van der Waals surface area contributed by atoms with E-state index in [1.807, 2.05) is 36.4 Å². The quantitative estimate of drug-likeness (QED) is 0.669. The number of hydrogen-bond acceptors (Lipinski definition) is 4. The molecular formula is C18H25ClN4O2. The number of methoxy groups -OCH3 is 1. The second-order valence-corrected chi connectivity index (χ2v) is 5.97. The summed E-state index contributed by atoms with van der Waals surface area (Å²) in [6, 6.07) is 11.7. The Bertz CT molecular complexity index is 671. The van der Waals surface area contributed by atoms with Gasteiger partial charge in [-0.25, -0.2) is 4.68 Å². The minimum absolute atomic E-state index is 0. The van der Waals surface area contributed by atoms with E-state index < -0.39 is 0 Å². The van der Waals surface area contributed by atoms with Crippen molar-refractivity contribution < 1.29 is 9.53 Å². The number of nitrogens with one attached hydrogen (secondary N) is 2. The van der Waals surface area contributed by atoms with Crippen molar-refractivity contribution in [3.63, 3.8) is 0 Å². The molecule has 0 aliphatic heterocycles. The molecule has 2 aromatic rings. The van der Waals surface area contributed by atoms with Gasteiger partial charge in [-0.05, 0) is 31.0 Å². The van der Waals surface area contributed by atoms with Crippen molar-refractivity contribution in [3.8, 4) is 5.69 Å². The molecule has 136 valence electrons. The number of aromatic nitrogens is 2. The van der Waals surface area contributed by atoms with Gasteiger partial charge in [0.15, 0.2) is 0 Å². The number of amides is 1. The highest BCUT2D eigenvalue weighted by Crippen LogP contribution is 2.39. The molecule has 1 saturated carbocycles. The molecule has 1 fully saturated rings. The fraction of sp³-hybridized carbons (Fsp3) is 0.444. The number of carbonyl (C=O) groups is 1. The van der Waals surface area contributed by atoms with Gasteiger partial charge in [-0.15, -0.1) is 12.4 Å². The van der Waals surface area contributed by atoms with Crippen molar-refractivity contribution >= 4 is 18.3 Å². The molecule has 0 atom stereocenters. The standard InChI is InChI=1S/C18H24N4O2.ClH/c1-24-12-11-19-9-10-20-18(23)17-13-16(14-7-8-14)21-22(17)15-5-3-2-4-6-15;/h2-6,13-14,19H,7-12H2,1H3,(H,20,23);1H. The van der Waals surface area contributed by atoms with Crippen LogP contribution in [0.15, 0.2) is 36.4 Å². The number of benzene rings is 1. The monoisotopic (exact) mass is 364 g/mol. The van der Waals surface area contributed by atoms with Crippen LogP contribution in [0.3, 0.4) is 0 Å². The van der Waals surface area contributed by atoms with Gasteiger partial charge >= 0.3 is 0 Å². The van der Waals surface area contributed by atoms with Gasteiger partial charge in [0.2, 0.25) is 0 Å². The van der Waals surface area contributed by atoms with Gasteiger partial charge in [0.1, 0.15) is 5.69 Å². The molecule has 0 radical (unpaired) electrons. The van der Waals surface area contributed by atoms with Gasteiger partial charge in [0, 0.05) is 32.7 Å². The molecule has 0 saturated heterocycles. The predicted octanol–water partition coefficient (Wildman–Crippen LogP) is 2.14. The number of halogens is 1. The lowest BCUT2D eigenvalue weighted by molar-refractivity contribution is 0.0946. The van der Waals surface area contributed by atoms with E-state index in [1.165, 1.54) is 0 Å². The number of carbonyl (C=O) groups excluding carboxylic acids is 1. The van der Waals surface area contributed by atoms with Crippen molar-refractivity contribution in [1.29, 1.82) is 0 Å². The SMILES string of the molecule is COCCNCCNC(=O)c1cc(C2CC2)nn1-c1ccccc1.Cl. The molecule has 0 spiro atoms. The van der Waals surface area contributed by atoms with Gasteiger partial charge in [0.25, 0.3) is 5.91 Å². The largest absolute Gasteiger partial charge is 0.383 e. The zero-order valence-electron chi connectivity index (χ0n) is 14.4. The van der Waals surface area contributed by atoms with E-state index in [-0.39, 0.29) is 18.3 Å². The summed E-state index contributed by atoms with van der Waals surface area (Å²) < 4.78 is 6.72. The number of hydrogen-bond donors (Lipinski definition) is 2. The van der Waals surface area contributed by atoms with E-state index in [2.05, 4.69) is 15.7 Å². The summed E-state index contributed by atoms with van der Waals surface area (Å²) in [4.78, 5) is 12.6. The van der Waals surface area contributed by atoms with E-state index in [0.29, 0.717) is 31.3 Å². The molecule has 6 nitrogen and oxygen atoms in total. The smallest absolute Gasteiger partial charge is 0.270 e. The average molecular weight is 365 g/mol. The third-order valence-corrected chi connectivity index (χ3v) is 4.03. The molecule has 0 bridgehead atoms. The molecule has 1 aliphatic rings. The Morgan fingerprint density at radius 3 is 2.68 bits per heavy atom. The van der Waals surface area contributed by atoms with Gasteiger partial charge in [-0.2, -0.15) is 5.10 Å². The van der Waals surface area contributed by atoms with Crippen molar-refractivity contribution in [3.05, 3.63) is 47.8 Å². The minimum Gasteiger partial charge on any atom is -0.383 e. The van der Waals surface area contributed by atoms with Crippen LogP contribution >= 0.6 is 12.4 Å². The molecule has 25 heavy (non-hydrogen) atoms. The Hall–Kier alpha value is -1.89. The van der Waals surface area contributed by atoms with Crippen molar-refractivity contribution in [1.82, 2.24) is 20.4 Å². The maximum absolute atomic E-state index is 12.6. The topological polar surface area (TPSA) is 68.2 Å². The summed E-state index contributed by atoms with van der Waals surface area (Å²) in [6.07, 6.45) is 2.33. The van der Waals surface area contributed by atoms with Crippen LogP contribution in [0.1, 0.15) is 34.9 Å². The minimum atomic E-state index is -0.0909. The number of nitrogens with zero attached hydrogens (tertiary/aromatic N) is 2. The fourth-order valence-corrected chi connectivity index (χ4v) is 2.56. The average Bonchev–Trinajstić information content (AvgIpc) is 3.37. The lowest BCUT2D eigenvalue weighted by atomic mass is 10.2. The zero-order chi connectivity index (χ0) is 16.8. The van der Waals surface area contributed by atoms with E-state index in [0.717, 1.165) is 30.8 Å². The molecule has 1 aliphatic carbocycles. The summed E-state index contributed by atoms with van der Waals surface area (Å²) in [5.41, 5.74) is 2.52. The van der Waals surface area contributed by atoms with Crippen LogP contribution in [-0.2, 0) is 4.74 Å². The molecule has 1 amide bonds. The molecule has 2 N–H and O–H groups in total. The van der Waals surface area contributed by atoms with Crippen molar-refractivity contribution in [2.75, 3.05) is 33.4 Å². The first-order valence-electron chi connectivity index (χ1n) is 8.43. The predicted molar refractivity (Wildman–Crippen MR) is 99.9 cm³/mol. The van der Waals surface area contributed by atoms with E-state index in [1.54, 1.807) is 11.8 Å². The number of ether oxygens (including phenoxy) is 1. The molecule has 7 heteroatoms. The summed E-state index contributed by atoms with van der Waals surface area (Å²) in [6.45, 7) is 2.73. The maximum Gasteiger partial charge on any atom is 0.270 e. The second kappa shape index (κ2) is 9.56. The van der Waals surface area contributed by atoms with E-state index in [4.69, 9.17) is 4.74 Å². The molecule has 3 rings (SSSR count). The summed E-state index contributed by atoms with van der Waals surface area (Å²) in [5.74, 6) is 0.420. The molecular weight excluding hydrogens is 340 g/mol. The van der Waals surface area contributed by atoms with Crippen LogP contribution < -0.4 is 10.6 Å². The second-order valence-electron chi connectivity index (χ2n) is 5.97. The summed E-state index contributed by atoms with van der Waals surface area (Å²) >= 11 is 0. The third-order valence-electron chi connectivity index (χ3n) is 4.03. The third kappa shape index (κ3) is 5.29. The highest BCUT2D eigenvalue weighted by atomic mass is 35.5. The van der Waals surface area contributed by atoms with Crippen LogP contribution in [0.4, 0.5) is 0 Å². The number of para-hydroxylation sites is 1. The first-order valence-corrected chi connectivity index (χ1v) is 8.43. The van der Waals surface area contributed by atoms with Gasteiger partial charge in [-0.1, -0.05) is 18.2 Å². The van der Waals surface area contributed by atoms with Crippen LogP contribution in [0.25, 0.3) is 5.69 Å². The Morgan fingerprint density at radius 1 is 1.24 bits per heavy atom. The summed E-state index contributed by atoms with van der Waals surface area (Å²) in [5, 5.41) is 10.8. The zero-order valence-corrected chi connectivity index (χ0v) is 15.2. The first kappa shape index (κ1) is 19.4. The van der Waals surface area contributed by atoms with Gasteiger partial charge in [0.05, 0.1) is 18.0 Å². The van der Waals surface area contributed by atoms with Gasteiger partial charge in [-0.3, -0.25) is 4.79 Å². The van der Waals surface area contributed by atoms with Crippen molar-refractivity contribution in [2.45, 2.75) is 18.8 Å². The van der Waals surface area contributed by atoms with Gasteiger partial charge < -0.3 is 15.4 Å². The van der Waals surface area contributed by atoms with Crippen molar-refractivity contribution in [2.24, 2.45) is 0 Å². The van der Waals surface area contributed by atoms with E-state index >= 15 is 0 Å². The Morgan fingerprint density at radius 2 is 2.00 bits per heavy atom. The lowest BCUT2D eigenvalue weighted by Crippen LogP contribution is -2.34. The molecule has 1 aromatic heterocycles. The Kier molecular flexibility index (Phi) is 7.43. The highest BCUT2D eigenvalue weighted by Gasteiger charge is 2.28. The highest BCUT2D eigenvalue weighted by molar-refractivity contribution is 5.93.